The second-order valence-corrected chi connectivity index (χ2v) is 5.85. The lowest BCUT2D eigenvalue weighted by atomic mass is 10.2. The van der Waals surface area contributed by atoms with Gasteiger partial charge in [-0.2, -0.15) is 0 Å². The van der Waals surface area contributed by atoms with Gasteiger partial charge in [0, 0.05) is 5.56 Å². The van der Waals surface area contributed by atoms with Crippen LogP contribution < -0.4 is 15.4 Å². The van der Waals surface area contributed by atoms with Crippen molar-refractivity contribution in [2.24, 2.45) is 0 Å². The Kier molecular flexibility index (Phi) is 5.56. The van der Waals surface area contributed by atoms with Crippen LogP contribution in [0.25, 0.3) is 0 Å². The summed E-state index contributed by atoms with van der Waals surface area (Å²) in [7, 11) is 1.57. The minimum Gasteiger partial charge on any atom is -0.506 e. The quantitative estimate of drug-likeness (QED) is 0.398. The van der Waals surface area contributed by atoms with E-state index in [1.807, 2.05) is 0 Å². The molecule has 7 heteroatoms. The van der Waals surface area contributed by atoms with E-state index in [1.54, 1.807) is 43.5 Å². The number of amides is 1. The Hall–Kier alpha value is -1.87. The van der Waals surface area contributed by atoms with E-state index in [1.165, 1.54) is 6.07 Å². The van der Waals surface area contributed by atoms with Crippen LogP contribution in [0, 0.1) is 3.57 Å². The zero-order valence-electron chi connectivity index (χ0n) is 11.6. The summed E-state index contributed by atoms with van der Waals surface area (Å²) in [5, 5.41) is 15.1. The molecule has 2 aromatic carbocycles. The number of carbonyl (C=O) groups is 1. The summed E-state index contributed by atoms with van der Waals surface area (Å²) >= 11 is 7.16. The SMILES string of the molecule is COc1ccc(C(=O)NC(=S)Nc2ccccc2O)cc1I. The van der Waals surface area contributed by atoms with Crippen molar-refractivity contribution >= 4 is 51.5 Å². The highest BCUT2D eigenvalue weighted by atomic mass is 127. The standard InChI is InChI=1S/C15H13IN2O3S/c1-21-13-7-6-9(8-10(13)16)14(20)18-15(22)17-11-4-2-3-5-12(11)19/h2-8,19H,1H3,(H2,17,18,20,22). The maximum atomic E-state index is 12.1. The van der Waals surface area contributed by atoms with Gasteiger partial charge in [-0.15, -0.1) is 0 Å². The number of para-hydroxylation sites is 2. The largest absolute Gasteiger partial charge is 0.506 e. The molecule has 114 valence electrons. The summed E-state index contributed by atoms with van der Waals surface area (Å²) < 4.78 is 5.97. The maximum absolute atomic E-state index is 12.1. The van der Waals surface area contributed by atoms with Gasteiger partial charge in [0.2, 0.25) is 0 Å². The fourth-order valence-corrected chi connectivity index (χ4v) is 2.65. The molecule has 0 saturated heterocycles. The van der Waals surface area contributed by atoms with Crippen molar-refractivity contribution in [2.45, 2.75) is 0 Å². The minimum atomic E-state index is -0.339. The average Bonchev–Trinajstić information content (AvgIpc) is 2.49. The van der Waals surface area contributed by atoms with E-state index in [-0.39, 0.29) is 16.8 Å². The van der Waals surface area contributed by atoms with E-state index in [2.05, 4.69) is 33.2 Å². The number of nitrogens with one attached hydrogen (secondary N) is 2. The highest BCUT2D eigenvalue weighted by Gasteiger charge is 2.11. The van der Waals surface area contributed by atoms with E-state index in [9.17, 15) is 9.90 Å². The molecule has 0 aromatic heterocycles. The molecule has 0 aliphatic heterocycles. The fourth-order valence-electron chi connectivity index (χ4n) is 1.72. The van der Waals surface area contributed by atoms with Crippen LogP contribution in [-0.2, 0) is 0 Å². The van der Waals surface area contributed by atoms with E-state index >= 15 is 0 Å². The van der Waals surface area contributed by atoms with Crippen molar-refractivity contribution in [3.63, 3.8) is 0 Å². The summed E-state index contributed by atoms with van der Waals surface area (Å²) in [5.74, 6) is 0.415. The zero-order valence-corrected chi connectivity index (χ0v) is 14.6. The third kappa shape index (κ3) is 4.08. The van der Waals surface area contributed by atoms with Crippen LogP contribution in [-0.4, -0.2) is 23.2 Å². The van der Waals surface area contributed by atoms with Crippen molar-refractivity contribution in [1.29, 1.82) is 0 Å². The summed E-state index contributed by atoms with van der Waals surface area (Å²) in [6, 6.07) is 11.7. The van der Waals surface area contributed by atoms with Crippen LogP contribution in [0.15, 0.2) is 42.5 Å². The number of methoxy groups -OCH3 is 1. The van der Waals surface area contributed by atoms with Crippen LogP contribution in [0.2, 0.25) is 0 Å². The molecular weight excluding hydrogens is 415 g/mol. The Morgan fingerprint density at radius 3 is 2.64 bits per heavy atom. The number of aromatic hydroxyl groups is 1. The first-order valence-electron chi connectivity index (χ1n) is 6.25. The number of hydrogen-bond acceptors (Lipinski definition) is 4. The molecule has 0 atom stereocenters. The summed E-state index contributed by atoms with van der Waals surface area (Å²) in [6.07, 6.45) is 0. The summed E-state index contributed by atoms with van der Waals surface area (Å²) in [4.78, 5) is 12.1. The van der Waals surface area contributed by atoms with Gasteiger partial charge in [0.15, 0.2) is 5.11 Å². The van der Waals surface area contributed by atoms with Gasteiger partial charge in [-0.3, -0.25) is 10.1 Å². The third-order valence-corrected chi connectivity index (χ3v) is 3.84. The van der Waals surface area contributed by atoms with Crippen LogP contribution in [0.5, 0.6) is 11.5 Å². The number of thiocarbonyl (C=S) groups is 1. The Balaban J connectivity index is 2.04. The molecule has 0 saturated carbocycles. The number of ether oxygens (including phenoxy) is 1. The molecule has 2 aromatic rings. The first-order chi connectivity index (χ1) is 10.5. The van der Waals surface area contributed by atoms with E-state index < -0.39 is 0 Å². The normalized spacial score (nSPS) is 9.91. The van der Waals surface area contributed by atoms with Crippen molar-refractivity contribution in [2.75, 3.05) is 12.4 Å². The van der Waals surface area contributed by atoms with Gasteiger partial charge < -0.3 is 15.2 Å². The first-order valence-corrected chi connectivity index (χ1v) is 7.74. The van der Waals surface area contributed by atoms with Gasteiger partial charge in [-0.1, -0.05) is 12.1 Å². The highest BCUT2D eigenvalue weighted by Crippen LogP contribution is 2.22. The molecule has 1 amide bonds. The van der Waals surface area contributed by atoms with Gasteiger partial charge in [0.25, 0.3) is 5.91 Å². The lowest BCUT2D eigenvalue weighted by molar-refractivity contribution is 0.0977. The van der Waals surface area contributed by atoms with E-state index in [0.29, 0.717) is 17.0 Å². The fraction of sp³-hybridized carbons (Fsp3) is 0.0667. The van der Waals surface area contributed by atoms with E-state index in [4.69, 9.17) is 17.0 Å². The molecular formula is C15H13IN2O3S. The van der Waals surface area contributed by atoms with Gasteiger partial charge in [-0.25, -0.2) is 0 Å². The molecule has 2 rings (SSSR count). The Morgan fingerprint density at radius 1 is 1.27 bits per heavy atom. The molecule has 0 aliphatic carbocycles. The van der Waals surface area contributed by atoms with Crippen LogP contribution in [0.1, 0.15) is 10.4 Å². The zero-order chi connectivity index (χ0) is 16.1. The second-order valence-electron chi connectivity index (χ2n) is 4.27. The minimum absolute atomic E-state index is 0.0538. The average molecular weight is 428 g/mol. The molecule has 0 radical (unpaired) electrons. The van der Waals surface area contributed by atoms with Gasteiger partial charge in [0.05, 0.1) is 16.4 Å². The lowest BCUT2D eigenvalue weighted by Crippen LogP contribution is -2.34. The smallest absolute Gasteiger partial charge is 0.257 e. The van der Waals surface area contributed by atoms with Gasteiger partial charge in [0.1, 0.15) is 11.5 Å². The van der Waals surface area contributed by atoms with Crippen molar-refractivity contribution in [3.05, 3.63) is 51.6 Å². The third-order valence-electron chi connectivity index (χ3n) is 2.79. The molecule has 0 spiro atoms. The summed E-state index contributed by atoms with van der Waals surface area (Å²) in [6.45, 7) is 0. The number of benzene rings is 2. The Morgan fingerprint density at radius 2 is 2.00 bits per heavy atom. The van der Waals surface area contributed by atoms with Crippen LogP contribution in [0.4, 0.5) is 5.69 Å². The topological polar surface area (TPSA) is 70.6 Å². The molecule has 0 unspecified atom stereocenters. The molecule has 0 fully saturated rings. The molecule has 0 aliphatic rings. The van der Waals surface area contributed by atoms with Crippen molar-refractivity contribution in [1.82, 2.24) is 5.32 Å². The number of phenols is 1. The maximum Gasteiger partial charge on any atom is 0.257 e. The van der Waals surface area contributed by atoms with Gasteiger partial charge >= 0.3 is 0 Å². The number of phenolic OH excluding ortho intramolecular Hbond substituents is 1. The first kappa shape index (κ1) is 16.5. The Bertz CT molecular complexity index is 722. The van der Waals surface area contributed by atoms with Crippen molar-refractivity contribution < 1.29 is 14.6 Å². The van der Waals surface area contributed by atoms with Crippen molar-refractivity contribution in [3.8, 4) is 11.5 Å². The molecule has 0 bridgehead atoms. The number of anilines is 1. The van der Waals surface area contributed by atoms with Crippen LogP contribution >= 0.6 is 34.8 Å². The lowest BCUT2D eigenvalue weighted by Gasteiger charge is -2.11. The second kappa shape index (κ2) is 7.41. The van der Waals surface area contributed by atoms with Crippen LogP contribution in [0.3, 0.4) is 0 Å². The monoisotopic (exact) mass is 428 g/mol. The number of halogens is 1. The predicted octanol–water partition coefficient (Wildman–Crippen LogP) is 3.13. The number of hydrogen-bond donors (Lipinski definition) is 3. The predicted molar refractivity (Wildman–Crippen MR) is 97.5 cm³/mol. The molecule has 3 N–H and O–H groups in total. The molecule has 0 heterocycles. The molecule has 5 nitrogen and oxygen atoms in total. The molecule has 22 heavy (non-hydrogen) atoms. The summed E-state index contributed by atoms with van der Waals surface area (Å²) in [5.41, 5.74) is 0.892. The Labute approximate surface area is 146 Å². The number of rotatable bonds is 3. The van der Waals surface area contributed by atoms with Gasteiger partial charge in [-0.05, 0) is 65.1 Å². The van der Waals surface area contributed by atoms with E-state index in [0.717, 1.165) is 3.57 Å². The highest BCUT2D eigenvalue weighted by molar-refractivity contribution is 14.1. The number of carbonyl (C=O) groups excluding carboxylic acids is 1.